The molecule has 1 aromatic carbocycles. The summed E-state index contributed by atoms with van der Waals surface area (Å²) in [6.07, 6.45) is 2.08. The first kappa shape index (κ1) is 14.6. The van der Waals surface area contributed by atoms with Gasteiger partial charge in [0.15, 0.2) is 0 Å². The van der Waals surface area contributed by atoms with Gasteiger partial charge in [-0.05, 0) is 11.8 Å². The minimum absolute atomic E-state index is 0.0348. The molecular weight excluding hydrogens is 248 g/mol. The summed E-state index contributed by atoms with van der Waals surface area (Å²) < 4.78 is 0. The molecule has 0 saturated heterocycles. The molecule has 0 spiro atoms. The molecule has 1 rings (SSSR count). The van der Waals surface area contributed by atoms with Crippen LogP contribution in [0.25, 0.3) is 0 Å². The Bertz CT molecular complexity index is 395. The van der Waals surface area contributed by atoms with Crippen molar-refractivity contribution in [1.29, 1.82) is 0 Å². The van der Waals surface area contributed by atoms with Crippen LogP contribution >= 0.6 is 11.8 Å². The smallest absolute Gasteiger partial charge is 0.232 e. The first-order valence-electron chi connectivity index (χ1n) is 5.72. The van der Waals surface area contributed by atoms with Gasteiger partial charge >= 0.3 is 0 Å². The number of thioether (sulfide) groups is 1. The number of benzene rings is 1. The predicted octanol–water partition coefficient (Wildman–Crippen LogP) is 1.25. The summed E-state index contributed by atoms with van der Waals surface area (Å²) in [5.41, 5.74) is 6.18. The normalized spacial score (nSPS) is 10.1. The van der Waals surface area contributed by atoms with Gasteiger partial charge in [-0.25, -0.2) is 0 Å². The van der Waals surface area contributed by atoms with Gasteiger partial charge in [-0.2, -0.15) is 11.8 Å². The Balaban J connectivity index is 2.64. The molecule has 0 aliphatic heterocycles. The lowest BCUT2D eigenvalue weighted by atomic mass is 10.2. The summed E-state index contributed by atoms with van der Waals surface area (Å²) in [7, 11) is 0. The zero-order chi connectivity index (χ0) is 13.4. The summed E-state index contributed by atoms with van der Waals surface area (Å²) in [5, 5.41) is 0. The van der Waals surface area contributed by atoms with Gasteiger partial charge in [0.1, 0.15) is 0 Å². The molecule has 18 heavy (non-hydrogen) atoms. The van der Waals surface area contributed by atoms with E-state index in [0.717, 1.165) is 5.56 Å². The van der Waals surface area contributed by atoms with Gasteiger partial charge < -0.3 is 10.6 Å². The molecule has 0 aliphatic carbocycles. The van der Waals surface area contributed by atoms with E-state index in [2.05, 4.69) is 0 Å². The fraction of sp³-hybridized carbons (Fsp3) is 0.385. The van der Waals surface area contributed by atoms with E-state index in [0.29, 0.717) is 18.8 Å². The van der Waals surface area contributed by atoms with Crippen molar-refractivity contribution in [3.8, 4) is 0 Å². The van der Waals surface area contributed by atoms with Crippen molar-refractivity contribution in [3.63, 3.8) is 0 Å². The van der Waals surface area contributed by atoms with Gasteiger partial charge in [-0.3, -0.25) is 9.59 Å². The summed E-state index contributed by atoms with van der Waals surface area (Å²) in [4.78, 5) is 24.4. The highest BCUT2D eigenvalue weighted by Crippen LogP contribution is 2.07. The van der Waals surface area contributed by atoms with Crippen molar-refractivity contribution in [3.05, 3.63) is 35.9 Å². The number of rotatable bonds is 7. The molecule has 2 N–H and O–H groups in total. The highest BCUT2D eigenvalue weighted by molar-refractivity contribution is 7.99. The van der Waals surface area contributed by atoms with Crippen molar-refractivity contribution in [2.45, 2.75) is 13.0 Å². The van der Waals surface area contributed by atoms with Crippen LogP contribution in [0.4, 0.5) is 0 Å². The monoisotopic (exact) mass is 266 g/mol. The lowest BCUT2D eigenvalue weighted by Gasteiger charge is -2.22. The number of carbonyl (C=O) groups excluding carboxylic acids is 2. The van der Waals surface area contributed by atoms with Gasteiger partial charge in [0.05, 0.1) is 5.75 Å². The van der Waals surface area contributed by atoms with Crippen molar-refractivity contribution in [2.24, 2.45) is 5.73 Å². The van der Waals surface area contributed by atoms with Crippen molar-refractivity contribution < 1.29 is 9.59 Å². The second-order valence-electron chi connectivity index (χ2n) is 3.95. The Labute approximate surface area is 112 Å². The van der Waals surface area contributed by atoms with Gasteiger partial charge in [0.2, 0.25) is 11.8 Å². The van der Waals surface area contributed by atoms with E-state index in [4.69, 9.17) is 5.73 Å². The van der Waals surface area contributed by atoms with Gasteiger partial charge in [0.25, 0.3) is 0 Å². The maximum Gasteiger partial charge on any atom is 0.232 e. The molecule has 0 radical (unpaired) electrons. The molecule has 5 heteroatoms. The maximum atomic E-state index is 11.9. The number of nitrogens with zero attached hydrogens (tertiary/aromatic N) is 1. The number of nitrogens with two attached hydrogens (primary N) is 1. The molecule has 0 aromatic heterocycles. The number of amides is 2. The molecule has 0 unspecified atom stereocenters. The largest absolute Gasteiger partial charge is 0.370 e. The SMILES string of the molecule is CSCC(=O)N(CCC(N)=O)Cc1ccccc1. The Hall–Kier alpha value is -1.49. The predicted molar refractivity (Wildman–Crippen MR) is 74.1 cm³/mol. The summed E-state index contributed by atoms with van der Waals surface area (Å²) in [5.74, 6) is 0.0728. The van der Waals surface area contributed by atoms with Gasteiger partial charge in [-0.1, -0.05) is 30.3 Å². The lowest BCUT2D eigenvalue weighted by Crippen LogP contribution is -2.34. The summed E-state index contributed by atoms with van der Waals surface area (Å²) >= 11 is 1.48. The minimum atomic E-state index is -0.384. The van der Waals surface area contributed by atoms with Crippen LogP contribution in [-0.2, 0) is 16.1 Å². The third-order valence-corrected chi connectivity index (χ3v) is 3.00. The molecule has 4 nitrogen and oxygen atoms in total. The standard InChI is InChI=1S/C13H18N2O2S/c1-18-10-13(17)15(8-7-12(14)16)9-11-5-3-2-4-6-11/h2-6H,7-10H2,1H3,(H2,14,16). The van der Waals surface area contributed by atoms with Crippen molar-refractivity contribution in [1.82, 2.24) is 4.90 Å². The maximum absolute atomic E-state index is 11.9. The lowest BCUT2D eigenvalue weighted by molar-refractivity contribution is -0.129. The second kappa shape index (κ2) is 7.76. The van der Waals surface area contributed by atoms with Crippen LogP contribution in [-0.4, -0.2) is 35.3 Å². The Morgan fingerprint density at radius 1 is 1.28 bits per heavy atom. The Morgan fingerprint density at radius 2 is 1.94 bits per heavy atom. The Morgan fingerprint density at radius 3 is 2.50 bits per heavy atom. The minimum Gasteiger partial charge on any atom is -0.370 e. The average molecular weight is 266 g/mol. The molecule has 0 heterocycles. The quantitative estimate of drug-likeness (QED) is 0.808. The first-order valence-corrected chi connectivity index (χ1v) is 7.12. The third-order valence-electron chi connectivity index (χ3n) is 2.46. The highest BCUT2D eigenvalue weighted by Gasteiger charge is 2.14. The van der Waals surface area contributed by atoms with Crippen LogP contribution in [0.15, 0.2) is 30.3 Å². The van der Waals surface area contributed by atoms with Gasteiger partial charge in [0, 0.05) is 19.5 Å². The van der Waals surface area contributed by atoms with E-state index in [1.807, 2.05) is 36.6 Å². The molecule has 98 valence electrons. The number of carbonyl (C=O) groups is 2. The molecule has 0 bridgehead atoms. The molecule has 2 amide bonds. The van der Waals surface area contributed by atoms with E-state index in [-0.39, 0.29) is 18.2 Å². The van der Waals surface area contributed by atoms with E-state index >= 15 is 0 Å². The highest BCUT2D eigenvalue weighted by atomic mass is 32.2. The number of hydrogen-bond donors (Lipinski definition) is 1. The Kier molecular flexibility index (Phi) is 6.28. The molecule has 0 saturated carbocycles. The second-order valence-corrected chi connectivity index (χ2v) is 4.82. The average Bonchev–Trinajstić information content (AvgIpc) is 2.35. The van der Waals surface area contributed by atoms with Crippen LogP contribution < -0.4 is 5.73 Å². The van der Waals surface area contributed by atoms with Crippen LogP contribution in [0.1, 0.15) is 12.0 Å². The molecule has 0 aliphatic rings. The van der Waals surface area contributed by atoms with E-state index < -0.39 is 0 Å². The van der Waals surface area contributed by atoms with E-state index in [1.165, 1.54) is 11.8 Å². The van der Waals surface area contributed by atoms with Crippen LogP contribution in [0.3, 0.4) is 0 Å². The zero-order valence-electron chi connectivity index (χ0n) is 10.5. The zero-order valence-corrected chi connectivity index (χ0v) is 11.3. The summed E-state index contributed by atoms with van der Waals surface area (Å²) in [6, 6.07) is 9.72. The molecule has 0 fully saturated rings. The van der Waals surface area contributed by atoms with Crippen LogP contribution in [0.5, 0.6) is 0 Å². The topological polar surface area (TPSA) is 63.4 Å². The van der Waals surface area contributed by atoms with Crippen LogP contribution in [0.2, 0.25) is 0 Å². The van der Waals surface area contributed by atoms with Gasteiger partial charge in [-0.15, -0.1) is 0 Å². The number of hydrogen-bond acceptors (Lipinski definition) is 3. The van der Waals surface area contributed by atoms with E-state index in [9.17, 15) is 9.59 Å². The fourth-order valence-electron chi connectivity index (χ4n) is 1.56. The molecule has 1 aromatic rings. The molecular formula is C13H18N2O2S. The van der Waals surface area contributed by atoms with Crippen LogP contribution in [0, 0.1) is 0 Å². The summed E-state index contributed by atoms with van der Waals surface area (Å²) in [6.45, 7) is 0.900. The third kappa shape index (κ3) is 5.23. The number of primary amides is 1. The fourth-order valence-corrected chi connectivity index (χ4v) is 1.99. The van der Waals surface area contributed by atoms with Crippen molar-refractivity contribution >= 4 is 23.6 Å². The van der Waals surface area contributed by atoms with E-state index in [1.54, 1.807) is 4.90 Å². The van der Waals surface area contributed by atoms with Crippen molar-refractivity contribution in [2.75, 3.05) is 18.6 Å². The first-order chi connectivity index (χ1) is 8.63. The molecule has 0 atom stereocenters.